The van der Waals surface area contributed by atoms with Crippen molar-refractivity contribution in [1.82, 2.24) is 0 Å². The monoisotopic (exact) mass is 252 g/mol. The molecule has 112 valence electrons. The molecule has 0 heterocycles. The van der Waals surface area contributed by atoms with Crippen LogP contribution in [0.25, 0.3) is 0 Å². The normalized spacial score (nSPS) is 12.2. The Morgan fingerprint density at radius 3 is 1.12 bits per heavy atom. The summed E-state index contributed by atoms with van der Waals surface area (Å²) in [5.74, 6) is 0.949. The largest absolute Gasteiger partial charge is 0.412 e. The Bertz CT molecular complexity index is 67.3. The van der Waals surface area contributed by atoms with E-state index in [9.17, 15) is 0 Å². The highest BCUT2D eigenvalue weighted by molar-refractivity contribution is 4.50. The lowest BCUT2D eigenvalue weighted by atomic mass is 10.0. The van der Waals surface area contributed by atoms with Gasteiger partial charge in [-0.1, -0.05) is 93.4 Å². The molecule has 0 saturated heterocycles. The molecule has 4 N–H and O–H groups in total. The van der Waals surface area contributed by atoms with Crippen molar-refractivity contribution in [3.8, 4) is 0 Å². The standard InChI is InChI=1S/C7H16.C4H8.2C2H6.2H2O/c1-4-6-7(3)5-2;1-2-4-3-1;2*1-2;;/h7H,4-6H2,1-3H3;1-4H2;2*1-2H3;2*1H2. The number of hydrogen-bond donors (Lipinski definition) is 0. The van der Waals surface area contributed by atoms with Crippen LogP contribution in [0, 0.1) is 5.92 Å². The Balaban J connectivity index is -0.0000000416. The molecule has 0 aromatic heterocycles. The highest BCUT2D eigenvalue weighted by Gasteiger charge is 1.95. The maximum absolute atomic E-state index is 2.31. The zero-order chi connectivity index (χ0) is 12.5. The van der Waals surface area contributed by atoms with Crippen molar-refractivity contribution < 1.29 is 11.0 Å². The maximum atomic E-state index is 2.31. The predicted molar refractivity (Wildman–Crippen MR) is 82.8 cm³/mol. The first kappa shape index (κ1) is 30.2. The molecule has 0 aromatic carbocycles. The molecule has 0 spiro atoms. The van der Waals surface area contributed by atoms with E-state index in [0.29, 0.717) is 0 Å². The summed E-state index contributed by atoms with van der Waals surface area (Å²) >= 11 is 0. The van der Waals surface area contributed by atoms with Gasteiger partial charge in [0, 0.05) is 0 Å². The van der Waals surface area contributed by atoms with Crippen LogP contribution >= 0.6 is 0 Å². The first-order chi connectivity index (χ1) is 7.31. The van der Waals surface area contributed by atoms with Gasteiger partial charge in [0.1, 0.15) is 0 Å². The molecule has 0 bridgehead atoms. The molecular weight excluding hydrogens is 212 g/mol. The van der Waals surface area contributed by atoms with Crippen LogP contribution in [0.5, 0.6) is 0 Å². The summed E-state index contributed by atoms with van der Waals surface area (Å²) in [6.45, 7) is 14.8. The lowest BCUT2D eigenvalue weighted by Gasteiger charge is -2.05. The van der Waals surface area contributed by atoms with Crippen molar-refractivity contribution in [1.29, 1.82) is 0 Å². The van der Waals surface area contributed by atoms with Gasteiger partial charge in [-0.25, -0.2) is 0 Å². The molecule has 0 radical (unpaired) electrons. The summed E-state index contributed by atoms with van der Waals surface area (Å²) in [4.78, 5) is 0. The minimum atomic E-state index is 0. The van der Waals surface area contributed by atoms with E-state index >= 15 is 0 Å². The predicted octanol–water partition coefficient (Wildman–Crippen LogP) is 4.80. The topological polar surface area (TPSA) is 63.0 Å². The van der Waals surface area contributed by atoms with Gasteiger partial charge in [0.2, 0.25) is 0 Å². The first-order valence-corrected chi connectivity index (χ1v) is 7.31. The third-order valence-corrected chi connectivity index (χ3v) is 2.48. The maximum Gasteiger partial charge on any atom is -0.0446 e. The molecular formula is C15H40O2. The fourth-order valence-electron chi connectivity index (χ4n) is 0.947. The molecule has 2 nitrogen and oxygen atoms in total. The Morgan fingerprint density at radius 2 is 1.06 bits per heavy atom. The summed E-state index contributed by atoms with van der Waals surface area (Å²) in [6, 6.07) is 0. The van der Waals surface area contributed by atoms with Crippen LogP contribution < -0.4 is 0 Å². The molecule has 1 atom stereocenters. The van der Waals surface area contributed by atoms with Crippen molar-refractivity contribution in [2.45, 2.75) is 93.4 Å². The Kier molecular flexibility index (Phi) is 63.9. The van der Waals surface area contributed by atoms with E-state index in [2.05, 4.69) is 20.8 Å². The van der Waals surface area contributed by atoms with Crippen molar-refractivity contribution in [2.75, 3.05) is 0 Å². The van der Waals surface area contributed by atoms with Crippen LogP contribution in [0.3, 0.4) is 0 Å². The fraction of sp³-hybridized carbons (Fsp3) is 1.00. The summed E-state index contributed by atoms with van der Waals surface area (Å²) in [6.07, 6.45) is 10.1. The molecule has 0 amide bonds. The van der Waals surface area contributed by atoms with E-state index in [4.69, 9.17) is 0 Å². The molecule has 1 rings (SSSR count). The number of rotatable bonds is 3. The Hall–Kier alpha value is -0.0800. The minimum Gasteiger partial charge on any atom is -0.412 e. The summed E-state index contributed by atoms with van der Waals surface area (Å²) < 4.78 is 0. The van der Waals surface area contributed by atoms with Gasteiger partial charge in [-0.15, -0.1) is 0 Å². The summed E-state index contributed by atoms with van der Waals surface area (Å²) in [5.41, 5.74) is 0. The Morgan fingerprint density at radius 1 is 0.765 bits per heavy atom. The van der Waals surface area contributed by atoms with E-state index in [0.717, 1.165) is 5.92 Å². The van der Waals surface area contributed by atoms with Gasteiger partial charge in [0.05, 0.1) is 0 Å². The van der Waals surface area contributed by atoms with Gasteiger partial charge in [0.25, 0.3) is 0 Å². The van der Waals surface area contributed by atoms with Crippen molar-refractivity contribution in [3.63, 3.8) is 0 Å². The molecule has 2 heteroatoms. The average Bonchev–Trinajstić information content (AvgIpc) is 2.22. The molecule has 1 fully saturated rings. The number of hydrogen-bond acceptors (Lipinski definition) is 0. The highest BCUT2D eigenvalue weighted by Crippen LogP contribution is 2.15. The second-order valence-electron chi connectivity index (χ2n) is 3.72. The van der Waals surface area contributed by atoms with Crippen LogP contribution in [0.2, 0.25) is 0 Å². The molecule has 0 aliphatic heterocycles. The van der Waals surface area contributed by atoms with E-state index in [1.54, 1.807) is 0 Å². The lowest BCUT2D eigenvalue weighted by molar-refractivity contribution is 0.504. The highest BCUT2D eigenvalue weighted by atomic mass is 16.0. The van der Waals surface area contributed by atoms with Crippen LogP contribution in [-0.2, 0) is 0 Å². The van der Waals surface area contributed by atoms with Crippen molar-refractivity contribution >= 4 is 0 Å². The average molecular weight is 252 g/mol. The second kappa shape index (κ2) is 36.0. The second-order valence-corrected chi connectivity index (χ2v) is 3.72. The quantitative estimate of drug-likeness (QED) is 0.693. The van der Waals surface area contributed by atoms with E-state index in [1.807, 2.05) is 27.7 Å². The first-order valence-electron chi connectivity index (χ1n) is 7.31. The lowest BCUT2D eigenvalue weighted by Crippen LogP contribution is -1.88. The van der Waals surface area contributed by atoms with Crippen LogP contribution in [0.1, 0.15) is 93.4 Å². The smallest absolute Gasteiger partial charge is 0.0446 e. The van der Waals surface area contributed by atoms with Crippen LogP contribution in [0.15, 0.2) is 0 Å². The van der Waals surface area contributed by atoms with E-state index in [1.165, 1.54) is 44.9 Å². The zero-order valence-corrected chi connectivity index (χ0v) is 13.5. The van der Waals surface area contributed by atoms with Crippen molar-refractivity contribution in [3.05, 3.63) is 0 Å². The van der Waals surface area contributed by atoms with E-state index < -0.39 is 0 Å². The zero-order valence-electron chi connectivity index (χ0n) is 13.5. The third kappa shape index (κ3) is 38.8. The summed E-state index contributed by atoms with van der Waals surface area (Å²) in [5, 5.41) is 0. The van der Waals surface area contributed by atoms with Crippen LogP contribution in [0.4, 0.5) is 0 Å². The Labute approximate surface area is 111 Å². The van der Waals surface area contributed by atoms with Crippen molar-refractivity contribution in [2.24, 2.45) is 5.92 Å². The third-order valence-electron chi connectivity index (χ3n) is 2.48. The molecule has 17 heavy (non-hydrogen) atoms. The van der Waals surface area contributed by atoms with Gasteiger partial charge < -0.3 is 11.0 Å². The molecule has 1 aliphatic rings. The van der Waals surface area contributed by atoms with Gasteiger partial charge in [-0.05, 0) is 5.92 Å². The molecule has 1 aliphatic carbocycles. The van der Waals surface area contributed by atoms with E-state index in [-0.39, 0.29) is 11.0 Å². The fourth-order valence-corrected chi connectivity index (χ4v) is 0.947. The van der Waals surface area contributed by atoms with Crippen LogP contribution in [-0.4, -0.2) is 11.0 Å². The van der Waals surface area contributed by atoms with Gasteiger partial charge in [-0.2, -0.15) is 0 Å². The van der Waals surface area contributed by atoms with Gasteiger partial charge in [0.15, 0.2) is 0 Å². The van der Waals surface area contributed by atoms with Gasteiger partial charge >= 0.3 is 0 Å². The summed E-state index contributed by atoms with van der Waals surface area (Å²) in [7, 11) is 0. The molecule has 1 saturated carbocycles. The SMILES string of the molecule is C1CCC1.CC.CC.CCCC(C)CC.O.O. The minimum absolute atomic E-state index is 0. The van der Waals surface area contributed by atoms with Gasteiger partial charge in [-0.3, -0.25) is 0 Å². The molecule has 1 unspecified atom stereocenters. The molecule has 0 aromatic rings.